The highest BCUT2D eigenvalue weighted by Gasteiger charge is 2.14. The average molecular weight is 372 g/mol. The van der Waals surface area contributed by atoms with E-state index in [0.717, 1.165) is 27.5 Å². The molecule has 1 aromatic heterocycles. The van der Waals surface area contributed by atoms with E-state index >= 15 is 0 Å². The molecule has 0 aliphatic carbocycles. The van der Waals surface area contributed by atoms with E-state index in [1.807, 2.05) is 61.2 Å². The fourth-order valence-corrected chi connectivity index (χ4v) is 4.16. The molecular weight excluding hydrogens is 350 g/mol. The van der Waals surface area contributed by atoms with E-state index in [4.69, 9.17) is 0 Å². The molecule has 0 spiro atoms. The molecule has 1 amide bonds. The minimum absolute atomic E-state index is 0.00367. The largest absolute Gasteiger partial charge is 0.354 e. The second-order valence-corrected chi connectivity index (χ2v) is 7.86. The predicted octanol–water partition coefficient (Wildman–Crippen LogP) is 4.40. The molecule has 1 unspecified atom stereocenters. The lowest BCUT2D eigenvalue weighted by Crippen LogP contribution is -2.38. The van der Waals surface area contributed by atoms with Crippen LogP contribution in [0.3, 0.4) is 0 Å². The third kappa shape index (κ3) is 5.21. The highest BCUT2D eigenvalue weighted by molar-refractivity contribution is 7.99. The summed E-state index contributed by atoms with van der Waals surface area (Å²) in [5.74, 6) is 0.994. The van der Waals surface area contributed by atoms with Crippen molar-refractivity contribution in [3.63, 3.8) is 0 Å². The quantitative estimate of drug-likeness (QED) is 0.455. The van der Waals surface area contributed by atoms with Gasteiger partial charge in [0.1, 0.15) is 6.04 Å². The van der Waals surface area contributed by atoms with Crippen LogP contribution < -0.4 is 10.6 Å². The number of amides is 1. The number of thioether (sulfide) groups is 1. The van der Waals surface area contributed by atoms with Gasteiger partial charge in [-0.3, -0.25) is 4.79 Å². The lowest BCUT2D eigenvalue weighted by atomic mass is 10.3. The summed E-state index contributed by atoms with van der Waals surface area (Å²) in [5.41, 5.74) is 0.959. The van der Waals surface area contributed by atoms with Crippen molar-refractivity contribution in [2.45, 2.75) is 24.3 Å². The van der Waals surface area contributed by atoms with Crippen molar-refractivity contribution >= 4 is 44.4 Å². The predicted molar refractivity (Wildman–Crippen MR) is 107 cm³/mol. The van der Waals surface area contributed by atoms with Crippen LogP contribution >= 0.6 is 23.1 Å². The highest BCUT2D eigenvalue weighted by Crippen LogP contribution is 2.25. The fourth-order valence-electron chi connectivity index (χ4n) is 2.33. The van der Waals surface area contributed by atoms with Crippen LogP contribution in [-0.4, -0.2) is 29.2 Å². The van der Waals surface area contributed by atoms with Gasteiger partial charge in [0, 0.05) is 11.4 Å². The lowest BCUT2D eigenvalue weighted by molar-refractivity contribution is -0.121. The van der Waals surface area contributed by atoms with Gasteiger partial charge in [-0.25, -0.2) is 4.98 Å². The molecule has 25 heavy (non-hydrogen) atoms. The Labute approximate surface area is 156 Å². The molecule has 1 atom stereocenters. The molecule has 0 radical (unpaired) electrons. The molecule has 0 aliphatic heterocycles. The monoisotopic (exact) mass is 371 g/mol. The molecule has 2 aromatic carbocycles. The minimum atomic E-state index is -0.303. The first-order chi connectivity index (χ1) is 12.2. The van der Waals surface area contributed by atoms with Crippen molar-refractivity contribution in [1.29, 1.82) is 0 Å². The lowest BCUT2D eigenvalue weighted by Gasteiger charge is -2.13. The van der Waals surface area contributed by atoms with E-state index < -0.39 is 0 Å². The van der Waals surface area contributed by atoms with Crippen LogP contribution in [0.4, 0.5) is 5.13 Å². The highest BCUT2D eigenvalue weighted by atomic mass is 32.2. The Kier molecular flexibility index (Phi) is 6.30. The number of anilines is 1. The molecule has 0 bridgehead atoms. The second kappa shape index (κ2) is 8.87. The molecule has 4 nitrogen and oxygen atoms in total. The molecule has 3 aromatic rings. The number of nitrogens with zero attached hydrogens (tertiary/aromatic N) is 1. The van der Waals surface area contributed by atoms with Gasteiger partial charge in [-0.1, -0.05) is 41.7 Å². The number of hydrogen-bond acceptors (Lipinski definition) is 5. The Bertz CT molecular complexity index is 787. The number of thiazole rings is 1. The first kappa shape index (κ1) is 17.8. The molecule has 0 saturated carbocycles. The van der Waals surface area contributed by atoms with Crippen LogP contribution in [-0.2, 0) is 4.79 Å². The van der Waals surface area contributed by atoms with Crippen LogP contribution in [0.2, 0.25) is 0 Å². The maximum Gasteiger partial charge on any atom is 0.242 e. The van der Waals surface area contributed by atoms with E-state index in [1.165, 1.54) is 4.90 Å². The van der Waals surface area contributed by atoms with Crippen molar-refractivity contribution in [3.05, 3.63) is 54.6 Å². The Morgan fingerprint density at radius 2 is 1.92 bits per heavy atom. The number of hydrogen-bond donors (Lipinski definition) is 2. The van der Waals surface area contributed by atoms with E-state index in [1.54, 1.807) is 11.3 Å². The Morgan fingerprint density at radius 1 is 1.16 bits per heavy atom. The molecule has 2 N–H and O–H groups in total. The molecule has 0 aliphatic rings. The van der Waals surface area contributed by atoms with Gasteiger partial charge in [0.25, 0.3) is 0 Å². The van der Waals surface area contributed by atoms with Crippen molar-refractivity contribution in [2.75, 3.05) is 17.6 Å². The molecule has 1 heterocycles. The van der Waals surface area contributed by atoms with Gasteiger partial charge in [0.15, 0.2) is 5.13 Å². The van der Waals surface area contributed by atoms with Crippen molar-refractivity contribution in [1.82, 2.24) is 10.3 Å². The number of benzene rings is 2. The number of fused-ring (bicyclic) bond motifs is 1. The zero-order valence-electron chi connectivity index (χ0n) is 14.1. The minimum Gasteiger partial charge on any atom is -0.354 e. The number of para-hydroxylation sites is 1. The Morgan fingerprint density at radius 3 is 2.72 bits per heavy atom. The van der Waals surface area contributed by atoms with Crippen molar-refractivity contribution < 1.29 is 4.79 Å². The maximum absolute atomic E-state index is 12.2. The van der Waals surface area contributed by atoms with Crippen LogP contribution in [0.5, 0.6) is 0 Å². The summed E-state index contributed by atoms with van der Waals surface area (Å²) in [6.07, 6.45) is 0.944. The number of rotatable bonds is 8. The summed E-state index contributed by atoms with van der Waals surface area (Å²) in [4.78, 5) is 18.0. The summed E-state index contributed by atoms with van der Waals surface area (Å²) in [7, 11) is 0. The molecule has 0 saturated heterocycles. The summed E-state index contributed by atoms with van der Waals surface area (Å²) in [5, 5.41) is 6.95. The number of carbonyl (C=O) groups excluding carboxylic acids is 1. The molecule has 0 fully saturated rings. The number of nitrogens with one attached hydrogen (secondary N) is 2. The van der Waals surface area contributed by atoms with Gasteiger partial charge < -0.3 is 10.6 Å². The van der Waals surface area contributed by atoms with Crippen LogP contribution in [0.1, 0.15) is 13.3 Å². The van der Waals surface area contributed by atoms with Crippen molar-refractivity contribution in [3.8, 4) is 0 Å². The van der Waals surface area contributed by atoms with Gasteiger partial charge >= 0.3 is 0 Å². The normalized spacial score (nSPS) is 12.0. The SMILES string of the molecule is CC(Nc1nc2ccccc2s1)C(=O)NCCCSc1ccccc1. The molecule has 6 heteroatoms. The standard InChI is InChI=1S/C19H21N3OS2/c1-14(21-19-22-16-10-5-6-11-17(16)25-19)18(23)20-12-7-13-24-15-8-3-2-4-9-15/h2-6,8-11,14H,7,12-13H2,1H3,(H,20,23)(H,21,22). The zero-order valence-corrected chi connectivity index (χ0v) is 15.7. The molecule has 3 rings (SSSR count). The van der Waals surface area contributed by atoms with Gasteiger partial charge in [-0.05, 0) is 43.4 Å². The van der Waals surface area contributed by atoms with E-state index in [9.17, 15) is 4.79 Å². The van der Waals surface area contributed by atoms with E-state index in [0.29, 0.717) is 6.54 Å². The van der Waals surface area contributed by atoms with Gasteiger partial charge in [0.05, 0.1) is 10.2 Å². The third-order valence-corrected chi connectivity index (χ3v) is 5.73. The Balaban J connectivity index is 1.38. The second-order valence-electron chi connectivity index (χ2n) is 5.66. The molecular formula is C19H21N3OS2. The summed E-state index contributed by atoms with van der Waals surface area (Å²) in [6.45, 7) is 2.55. The summed E-state index contributed by atoms with van der Waals surface area (Å²) in [6, 6.07) is 18.0. The topological polar surface area (TPSA) is 54.0 Å². The van der Waals surface area contributed by atoms with E-state index in [-0.39, 0.29) is 11.9 Å². The smallest absolute Gasteiger partial charge is 0.242 e. The first-order valence-electron chi connectivity index (χ1n) is 8.30. The Hall–Kier alpha value is -2.05. The van der Waals surface area contributed by atoms with Gasteiger partial charge in [-0.15, -0.1) is 11.8 Å². The number of aromatic nitrogens is 1. The van der Waals surface area contributed by atoms with Crippen LogP contribution in [0.15, 0.2) is 59.5 Å². The van der Waals surface area contributed by atoms with Crippen LogP contribution in [0, 0.1) is 0 Å². The zero-order chi connectivity index (χ0) is 17.5. The summed E-state index contributed by atoms with van der Waals surface area (Å²) < 4.78 is 1.12. The average Bonchev–Trinajstić information content (AvgIpc) is 3.04. The summed E-state index contributed by atoms with van der Waals surface area (Å²) >= 11 is 3.38. The van der Waals surface area contributed by atoms with E-state index in [2.05, 4.69) is 27.8 Å². The third-order valence-electron chi connectivity index (χ3n) is 3.66. The molecule has 130 valence electrons. The number of carbonyl (C=O) groups is 1. The first-order valence-corrected chi connectivity index (χ1v) is 10.1. The van der Waals surface area contributed by atoms with Crippen molar-refractivity contribution in [2.24, 2.45) is 0 Å². The van der Waals surface area contributed by atoms with Crippen LogP contribution in [0.25, 0.3) is 10.2 Å². The van der Waals surface area contributed by atoms with Gasteiger partial charge in [-0.2, -0.15) is 0 Å². The maximum atomic E-state index is 12.2. The van der Waals surface area contributed by atoms with Gasteiger partial charge in [0.2, 0.25) is 5.91 Å². The fraction of sp³-hybridized carbons (Fsp3) is 0.263.